The van der Waals surface area contributed by atoms with E-state index in [-0.39, 0.29) is 5.91 Å². The smallest absolute Gasteiger partial charge is 0.228 e. The lowest BCUT2D eigenvalue weighted by atomic mass is 10.2. The Balaban J connectivity index is 2.05. The number of ether oxygens (including phenoxy) is 1. The van der Waals surface area contributed by atoms with Crippen molar-refractivity contribution >= 4 is 28.8 Å². The molecule has 1 aromatic heterocycles. The first-order chi connectivity index (χ1) is 9.99. The van der Waals surface area contributed by atoms with Gasteiger partial charge in [-0.2, -0.15) is 0 Å². The number of hydrogen-bond donors (Lipinski definition) is 0. The number of nitrogens with zero attached hydrogens (tertiary/aromatic N) is 2. The molecule has 0 fully saturated rings. The number of thiazole rings is 1. The molecule has 0 saturated carbocycles. The van der Waals surface area contributed by atoms with Crippen LogP contribution in [-0.2, 0) is 17.8 Å². The zero-order valence-electron chi connectivity index (χ0n) is 12.2. The number of benzene rings is 1. The number of halogens is 1. The summed E-state index contributed by atoms with van der Waals surface area (Å²) in [5.41, 5.74) is 1.70. The van der Waals surface area contributed by atoms with Crippen molar-refractivity contribution in [3.63, 3.8) is 0 Å². The molecule has 0 aliphatic heterocycles. The van der Waals surface area contributed by atoms with Crippen molar-refractivity contribution in [1.29, 1.82) is 0 Å². The average Bonchev–Trinajstić information content (AvgIpc) is 2.84. The fourth-order valence-corrected chi connectivity index (χ4v) is 2.80. The van der Waals surface area contributed by atoms with Crippen molar-refractivity contribution < 1.29 is 9.53 Å². The number of hydrogen-bond acceptors (Lipinski definition) is 4. The van der Waals surface area contributed by atoms with Gasteiger partial charge in [0.25, 0.3) is 0 Å². The van der Waals surface area contributed by atoms with Crippen molar-refractivity contribution in [3.8, 4) is 5.75 Å². The Hall–Kier alpha value is -1.59. The molecular formula is C15H17ClN2O2S. The van der Waals surface area contributed by atoms with E-state index < -0.39 is 0 Å². The second kappa shape index (κ2) is 6.91. The van der Waals surface area contributed by atoms with E-state index in [2.05, 4.69) is 4.98 Å². The van der Waals surface area contributed by atoms with Gasteiger partial charge in [-0.15, -0.1) is 11.3 Å². The first kappa shape index (κ1) is 15.8. The maximum atomic E-state index is 12.2. The Kier molecular flexibility index (Phi) is 5.20. The van der Waals surface area contributed by atoms with Gasteiger partial charge in [-0.1, -0.05) is 11.6 Å². The van der Waals surface area contributed by atoms with E-state index in [4.69, 9.17) is 16.3 Å². The fourth-order valence-electron chi connectivity index (χ4n) is 1.99. The molecule has 0 atom stereocenters. The van der Waals surface area contributed by atoms with Crippen molar-refractivity contribution in [2.24, 2.45) is 0 Å². The molecule has 0 radical (unpaired) electrons. The van der Waals surface area contributed by atoms with Gasteiger partial charge >= 0.3 is 0 Å². The van der Waals surface area contributed by atoms with Crippen molar-refractivity contribution in [3.05, 3.63) is 44.9 Å². The van der Waals surface area contributed by atoms with Crippen LogP contribution in [0.5, 0.6) is 5.75 Å². The molecule has 0 bridgehead atoms. The summed E-state index contributed by atoms with van der Waals surface area (Å²) in [7, 11) is 3.37. The Morgan fingerprint density at radius 3 is 2.86 bits per heavy atom. The van der Waals surface area contributed by atoms with Gasteiger partial charge in [-0.3, -0.25) is 4.79 Å². The molecule has 1 amide bonds. The van der Waals surface area contributed by atoms with Crippen LogP contribution >= 0.6 is 22.9 Å². The van der Waals surface area contributed by atoms with Gasteiger partial charge in [0.2, 0.25) is 5.91 Å². The highest BCUT2D eigenvalue weighted by atomic mass is 35.5. The minimum absolute atomic E-state index is 0.0160. The highest BCUT2D eigenvalue weighted by molar-refractivity contribution is 7.09. The van der Waals surface area contributed by atoms with Crippen LogP contribution in [-0.4, -0.2) is 29.9 Å². The van der Waals surface area contributed by atoms with E-state index in [0.29, 0.717) is 18.0 Å². The van der Waals surface area contributed by atoms with Crippen molar-refractivity contribution in [2.75, 3.05) is 14.2 Å². The Morgan fingerprint density at radius 1 is 1.48 bits per heavy atom. The molecule has 2 aromatic rings. The van der Waals surface area contributed by atoms with Crippen LogP contribution in [0.1, 0.15) is 16.3 Å². The van der Waals surface area contributed by atoms with Gasteiger partial charge in [0.05, 0.1) is 24.2 Å². The van der Waals surface area contributed by atoms with Crippen molar-refractivity contribution in [1.82, 2.24) is 9.88 Å². The van der Waals surface area contributed by atoms with Crippen LogP contribution in [0.2, 0.25) is 5.02 Å². The van der Waals surface area contributed by atoms with Crippen LogP contribution in [0.4, 0.5) is 0 Å². The maximum absolute atomic E-state index is 12.2. The summed E-state index contributed by atoms with van der Waals surface area (Å²) in [6, 6.07) is 5.39. The lowest BCUT2D eigenvalue weighted by molar-refractivity contribution is -0.129. The summed E-state index contributed by atoms with van der Waals surface area (Å²) in [4.78, 5) is 18.2. The molecule has 6 heteroatoms. The van der Waals surface area contributed by atoms with E-state index >= 15 is 0 Å². The number of aryl methyl sites for hydroxylation is 1. The Labute approximate surface area is 133 Å². The largest absolute Gasteiger partial charge is 0.496 e. The molecule has 2 rings (SSSR count). The van der Waals surface area contributed by atoms with Gasteiger partial charge in [0.1, 0.15) is 5.75 Å². The number of methoxy groups -OCH3 is 1. The molecule has 0 spiro atoms. The molecule has 21 heavy (non-hydrogen) atoms. The van der Waals surface area contributed by atoms with E-state index in [9.17, 15) is 4.79 Å². The third-order valence-corrected chi connectivity index (χ3v) is 4.13. The molecule has 0 unspecified atom stereocenters. The van der Waals surface area contributed by atoms with E-state index in [1.165, 1.54) is 0 Å². The molecule has 0 saturated heterocycles. The van der Waals surface area contributed by atoms with Crippen LogP contribution in [0.15, 0.2) is 23.6 Å². The number of aromatic nitrogens is 1. The third kappa shape index (κ3) is 4.19. The molecular weight excluding hydrogens is 308 g/mol. The average molecular weight is 325 g/mol. The summed E-state index contributed by atoms with van der Waals surface area (Å²) in [6.45, 7) is 2.38. The minimum atomic E-state index is 0.0160. The normalized spacial score (nSPS) is 10.5. The zero-order valence-corrected chi connectivity index (χ0v) is 13.8. The standard InChI is InChI=1S/C15H17ClN2O2S/c1-10-17-13(9-21-10)7-15(19)18(2)8-11-6-12(16)4-5-14(11)20-3/h4-6,9H,7-8H2,1-3H3. The van der Waals surface area contributed by atoms with E-state index in [0.717, 1.165) is 22.0 Å². The van der Waals surface area contributed by atoms with Crippen molar-refractivity contribution in [2.45, 2.75) is 19.9 Å². The van der Waals surface area contributed by atoms with Crippen LogP contribution < -0.4 is 4.74 Å². The number of amides is 1. The molecule has 4 nitrogen and oxygen atoms in total. The molecule has 0 aliphatic carbocycles. The Morgan fingerprint density at radius 2 is 2.24 bits per heavy atom. The summed E-state index contributed by atoms with van der Waals surface area (Å²) >= 11 is 7.55. The SMILES string of the molecule is COc1ccc(Cl)cc1CN(C)C(=O)Cc1csc(C)n1. The minimum Gasteiger partial charge on any atom is -0.496 e. The molecule has 0 N–H and O–H groups in total. The van der Waals surface area contributed by atoms with E-state index in [1.54, 1.807) is 42.5 Å². The molecule has 1 aromatic carbocycles. The predicted octanol–water partition coefficient (Wildman–Crippen LogP) is 3.31. The van der Waals surface area contributed by atoms with E-state index in [1.807, 2.05) is 18.4 Å². The van der Waals surface area contributed by atoms with Gasteiger partial charge in [-0.05, 0) is 25.1 Å². The highest BCUT2D eigenvalue weighted by Gasteiger charge is 2.14. The van der Waals surface area contributed by atoms with Crippen LogP contribution in [0.25, 0.3) is 0 Å². The van der Waals surface area contributed by atoms with Gasteiger partial charge in [0.15, 0.2) is 0 Å². The first-order valence-corrected chi connectivity index (χ1v) is 7.72. The van der Waals surface area contributed by atoms with Gasteiger partial charge in [0, 0.05) is 29.6 Å². The van der Waals surface area contributed by atoms with Gasteiger partial charge in [-0.25, -0.2) is 4.98 Å². The number of carbonyl (C=O) groups excluding carboxylic acids is 1. The quantitative estimate of drug-likeness (QED) is 0.847. The summed E-state index contributed by atoms with van der Waals surface area (Å²) in [5.74, 6) is 0.742. The van der Waals surface area contributed by atoms with Crippen LogP contribution in [0, 0.1) is 6.92 Å². The zero-order chi connectivity index (χ0) is 15.4. The summed E-state index contributed by atoms with van der Waals surface area (Å²) in [5, 5.41) is 3.51. The molecule has 1 heterocycles. The Bertz CT molecular complexity index is 642. The second-order valence-electron chi connectivity index (χ2n) is 4.74. The number of rotatable bonds is 5. The van der Waals surface area contributed by atoms with Gasteiger partial charge < -0.3 is 9.64 Å². The van der Waals surface area contributed by atoms with Crippen LogP contribution in [0.3, 0.4) is 0 Å². The monoisotopic (exact) mass is 324 g/mol. The lowest BCUT2D eigenvalue weighted by Crippen LogP contribution is -2.28. The lowest BCUT2D eigenvalue weighted by Gasteiger charge is -2.18. The third-order valence-electron chi connectivity index (χ3n) is 3.07. The highest BCUT2D eigenvalue weighted by Crippen LogP contribution is 2.24. The molecule has 112 valence electrons. The summed E-state index contributed by atoms with van der Waals surface area (Å²) < 4.78 is 5.30. The number of carbonyl (C=O) groups is 1. The summed E-state index contributed by atoms with van der Waals surface area (Å²) in [6.07, 6.45) is 0.309. The predicted molar refractivity (Wildman–Crippen MR) is 85.0 cm³/mol. The topological polar surface area (TPSA) is 42.4 Å². The fraction of sp³-hybridized carbons (Fsp3) is 0.333. The number of likely N-dealkylation sites (N-methyl/N-ethyl adjacent to an activating group) is 1. The maximum Gasteiger partial charge on any atom is 0.228 e. The second-order valence-corrected chi connectivity index (χ2v) is 6.24. The molecule has 0 aliphatic rings. The first-order valence-electron chi connectivity index (χ1n) is 6.47.